The second-order valence-electron chi connectivity index (χ2n) is 8.11. The van der Waals surface area contributed by atoms with E-state index in [1.807, 2.05) is 6.92 Å². The number of carbonyl (C=O) groups is 1. The summed E-state index contributed by atoms with van der Waals surface area (Å²) in [5.74, 6) is 6.59. The van der Waals surface area contributed by atoms with E-state index in [1.165, 1.54) is 38.5 Å². The Morgan fingerprint density at radius 2 is 1.72 bits per heavy atom. The van der Waals surface area contributed by atoms with E-state index in [4.69, 9.17) is 0 Å². The molecule has 25 heavy (non-hydrogen) atoms. The Hall–Kier alpha value is -0.850. The van der Waals surface area contributed by atoms with E-state index in [9.17, 15) is 15.0 Å². The minimum atomic E-state index is -0.598. The Bertz CT molecular complexity index is 475. The fraction of sp³-hybridized carbons (Fsp3) is 0.864. The molecule has 0 bridgehead atoms. The summed E-state index contributed by atoms with van der Waals surface area (Å²) in [5, 5.41) is 20.4. The van der Waals surface area contributed by atoms with Crippen LogP contribution in [0.1, 0.15) is 84.5 Å². The van der Waals surface area contributed by atoms with E-state index in [0.29, 0.717) is 18.6 Å². The predicted molar refractivity (Wildman–Crippen MR) is 101 cm³/mol. The topological polar surface area (TPSA) is 57.5 Å². The molecular formula is C22H36O3. The molecule has 2 rings (SSSR count). The zero-order valence-corrected chi connectivity index (χ0v) is 16.0. The lowest BCUT2D eigenvalue weighted by molar-refractivity contribution is -0.151. The van der Waals surface area contributed by atoms with Gasteiger partial charge in [0.1, 0.15) is 11.9 Å². The Morgan fingerprint density at radius 3 is 2.40 bits per heavy atom. The van der Waals surface area contributed by atoms with Crippen LogP contribution in [-0.4, -0.2) is 28.2 Å². The standard InChI is InChI=1S/C22H36O3/c1-3-4-5-6-7-8-9-10-11-17(23)12-13-18-20(24)15-14-19-21(18)16(2)22(19)25/h16-21,23-24H,3-11,14-15H2,1-2H3/t16?,17-,18+,19+,20-,21-/m0/s1. The molecule has 0 aromatic heterocycles. The zero-order valence-electron chi connectivity index (χ0n) is 16.0. The molecule has 0 aromatic rings. The second-order valence-corrected chi connectivity index (χ2v) is 8.11. The quantitative estimate of drug-likeness (QED) is 0.487. The molecule has 0 amide bonds. The first-order chi connectivity index (χ1) is 12.1. The Labute approximate surface area is 153 Å². The summed E-state index contributed by atoms with van der Waals surface area (Å²) in [6, 6.07) is 0. The Morgan fingerprint density at radius 1 is 1.08 bits per heavy atom. The van der Waals surface area contributed by atoms with Crippen LogP contribution < -0.4 is 0 Å². The molecule has 0 aliphatic heterocycles. The van der Waals surface area contributed by atoms with Gasteiger partial charge in [0, 0.05) is 11.8 Å². The highest BCUT2D eigenvalue weighted by Gasteiger charge is 2.54. The van der Waals surface area contributed by atoms with Crippen molar-refractivity contribution in [1.29, 1.82) is 0 Å². The molecule has 1 unspecified atom stereocenters. The largest absolute Gasteiger partial charge is 0.392 e. The lowest BCUT2D eigenvalue weighted by Gasteiger charge is -2.49. The van der Waals surface area contributed by atoms with Gasteiger partial charge in [-0.2, -0.15) is 0 Å². The van der Waals surface area contributed by atoms with Gasteiger partial charge in [0.25, 0.3) is 0 Å². The summed E-state index contributed by atoms with van der Waals surface area (Å²) in [6.45, 7) is 4.19. The van der Waals surface area contributed by atoms with E-state index >= 15 is 0 Å². The molecule has 3 heteroatoms. The summed E-state index contributed by atoms with van der Waals surface area (Å²) in [6.07, 6.45) is 11.1. The van der Waals surface area contributed by atoms with Crippen molar-refractivity contribution in [1.82, 2.24) is 0 Å². The SMILES string of the molecule is CCCCCCCCCC[C@H](O)C#C[C@H]1[C@@H]2C(C)C(=O)[C@@H]2CC[C@@H]1O. The molecule has 2 N–H and O–H groups in total. The molecule has 2 fully saturated rings. The van der Waals surface area contributed by atoms with E-state index in [0.717, 1.165) is 19.3 Å². The van der Waals surface area contributed by atoms with Gasteiger partial charge in [-0.25, -0.2) is 0 Å². The molecule has 142 valence electrons. The van der Waals surface area contributed by atoms with Crippen LogP contribution in [0, 0.1) is 35.5 Å². The minimum Gasteiger partial charge on any atom is -0.392 e. The van der Waals surface area contributed by atoms with Crippen molar-refractivity contribution in [3.05, 3.63) is 0 Å². The fourth-order valence-corrected chi connectivity index (χ4v) is 4.56. The maximum absolute atomic E-state index is 11.9. The van der Waals surface area contributed by atoms with Gasteiger partial charge < -0.3 is 10.2 Å². The molecule has 2 aliphatic rings. The number of aliphatic hydroxyl groups excluding tert-OH is 2. The van der Waals surface area contributed by atoms with E-state index in [2.05, 4.69) is 18.8 Å². The Kier molecular flexibility index (Phi) is 8.46. The van der Waals surface area contributed by atoms with Crippen LogP contribution >= 0.6 is 0 Å². The number of Topliss-reactive ketones (excluding diaryl/α,β-unsaturated/α-hetero) is 1. The maximum atomic E-state index is 11.9. The van der Waals surface area contributed by atoms with Crippen LogP contribution in [0.25, 0.3) is 0 Å². The summed E-state index contributed by atoms with van der Waals surface area (Å²) >= 11 is 0. The first kappa shape index (κ1) is 20.5. The van der Waals surface area contributed by atoms with Crippen molar-refractivity contribution in [2.75, 3.05) is 0 Å². The first-order valence-corrected chi connectivity index (χ1v) is 10.5. The van der Waals surface area contributed by atoms with Gasteiger partial charge in [-0.05, 0) is 31.6 Å². The van der Waals surface area contributed by atoms with E-state index < -0.39 is 12.2 Å². The van der Waals surface area contributed by atoms with Gasteiger partial charge in [-0.15, -0.1) is 0 Å². The van der Waals surface area contributed by atoms with Gasteiger partial charge in [0.05, 0.1) is 12.0 Å². The number of fused-ring (bicyclic) bond motifs is 1. The van der Waals surface area contributed by atoms with Crippen LogP contribution in [0.5, 0.6) is 0 Å². The molecule has 3 nitrogen and oxygen atoms in total. The average Bonchev–Trinajstić information content (AvgIpc) is 2.62. The van der Waals surface area contributed by atoms with Crippen LogP contribution in [0.15, 0.2) is 0 Å². The average molecular weight is 349 g/mol. The number of carbonyl (C=O) groups excluding carboxylic acids is 1. The molecule has 0 heterocycles. The highest BCUT2D eigenvalue weighted by molar-refractivity contribution is 5.90. The molecule has 2 aliphatic carbocycles. The second kappa shape index (κ2) is 10.3. The first-order valence-electron chi connectivity index (χ1n) is 10.5. The summed E-state index contributed by atoms with van der Waals surface area (Å²) in [7, 11) is 0. The van der Waals surface area contributed by atoms with Crippen LogP contribution in [0.2, 0.25) is 0 Å². The lowest BCUT2D eigenvalue weighted by atomic mass is 9.53. The molecule has 0 radical (unpaired) electrons. The summed E-state index contributed by atoms with van der Waals surface area (Å²) in [4.78, 5) is 11.9. The van der Waals surface area contributed by atoms with Crippen LogP contribution in [0.4, 0.5) is 0 Å². The zero-order chi connectivity index (χ0) is 18.2. The van der Waals surface area contributed by atoms with Gasteiger partial charge in [0.2, 0.25) is 0 Å². The van der Waals surface area contributed by atoms with Gasteiger partial charge in [-0.3, -0.25) is 4.79 Å². The normalized spacial score (nSPS) is 32.3. The number of hydrogen-bond donors (Lipinski definition) is 2. The number of aliphatic hydroxyl groups is 2. The number of unbranched alkanes of at least 4 members (excludes halogenated alkanes) is 7. The number of hydrogen-bond acceptors (Lipinski definition) is 3. The number of rotatable bonds is 9. The summed E-state index contributed by atoms with van der Waals surface area (Å²) in [5.41, 5.74) is 0. The van der Waals surface area contributed by atoms with Crippen molar-refractivity contribution in [2.24, 2.45) is 23.7 Å². The molecular weight excluding hydrogens is 312 g/mol. The smallest absolute Gasteiger partial charge is 0.139 e. The highest BCUT2D eigenvalue weighted by atomic mass is 16.3. The molecule has 0 aromatic carbocycles. The summed E-state index contributed by atoms with van der Waals surface area (Å²) < 4.78 is 0. The molecule has 2 saturated carbocycles. The minimum absolute atomic E-state index is 0.0177. The Balaban J connectivity index is 1.66. The van der Waals surface area contributed by atoms with Crippen LogP contribution in [-0.2, 0) is 4.79 Å². The molecule has 0 saturated heterocycles. The maximum Gasteiger partial charge on any atom is 0.139 e. The van der Waals surface area contributed by atoms with Crippen molar-refractivity contribution in [2.45, 2.75) is 96.7 Å². The van der Waals surface area contributed by atoms with E-state index in [-0.39, 0.29) is 23.7 Å². The van der Waals surface area contributed by atoms with Crippen molar-refractivity contribution in [3.8, 4) is 11.8 Å². The molecule has 6 atom stereocenters. The van der Waals surface area contributed by atoms with Crippen molar-refractivity contribution >= 4 is 5.78 Å². The number of ketones is 1. The van der Waals surface area contributed by atoms with Crippen LogP contribution in [0.3, 0.4) is 0 Å². The monoisotopic (exact) mass is 348 g/mol. The third-order valence-corrected chi connectivity index (χ3v) is 6.21. The fourth-order valence-electron chi connectivity index (χ4n) is 4.56. The highest BCUT2D eigenvalue weighted by Crippen LogP contribution is 2.49. The van der Waals surface area contributed by atoms with Crippen molar-refractivity contribution < 1.29 is 15.0 Å². The van der Waals surface area contributed by atoms with Gasteiger partial charge >= 0.3 is 0 Å². The van der Waals surface area contributed by atoms with E-state index in [1.54, 1.807) is 0 Å². The molecule has 0 spiro atoms. The van der Waals surface area contributed by atoms with Crippen molar-refractivity contribution in [3.63, 3.8) is 0 Å². The van der Waals surface area contributed by atoms with Gasteiger partial charge in [0.15, 0.2) is 0 Å². The third-order valence-electron chi connectivity index (χ3n) is 6.21. The van der Waals surface area contributed by atoms with Gasteiger partial charge in [-0.1, -0.05) is 70.6 Å². The lowest BCUT2D eigenvalue weighted by Crippen LogP contribution is -2.55. The predicted octanol–water partition coefficient (Wildman–Crippen LogP) is 4.10. The third kappa shape index (κ3) is 5.56.